The zero-order chi connectivity index (χ0) is 11.4. The Kier molecular flexibility index (Phi) is 3.51. The molecule has 0 bridgehead atoms. The first-order valence-electron chi connectivity index (χ1n) is 5.55. The van der Waals surface area contributed by atoms with Gasteiger partial charge in [0.25, 0.3) is 0 Å². The topological polar surface area (TPSA) is 71.2 Å². The second-order valence-corrected chi connectivity index (χ2v) is 3.98. The van der Waals surface area contributed by atoms with E-state index < -0.39 is 0 Å². The van der Waals surface area contributed by atoms with Gasteiger partial charge in [0.15, 0.2) is 0 Å². The van der Waals surface area contributed by atoms with Gasteiger partial charge in [-0.2, -0.15) is 0 Å². The molecule has 16 heavy (non-hydrogen) atoms. The van der Waals surface area contributed by atoms with Crippen molar-refractivity contribution < 1.29 is 9.90 Å². The number of rotatable bonds is 4. The van der Waals surface area contributed by atoms with Crippen LogP contribution < -0.4 is 0 Å². The minimum absolute atomic E-state index is 0.0169. The summed E-state index contributed by atoms with van der Waals surface area (Å²) in [6.07, 6.45) is 5.64. The molecule has 0 saturated carbocycles. The van der Waals surface area contributed by atoms with Crippen LogP contribution in [0.1, 0.15) is 19.3 Å². The highest BCUT2D eigenvalue weighted by Gasteiger charge is 2.27. The summed E-state index contributed by atoms with van der Waals surface area (Å²) in [5.74, 6) is 0.0899. The second-order valence-electron chi connectivity index (χ2n) is 3.98. The van der Waals surface area contributed by atoms with Crippen molar-refractivity contribution in [3.05, 3.63) is 12.4 Å². The number of likely N-dealkylation sites (tertiary alicyclic amines) is 1. The summed E-state index contributed by atoms with van der Waals surface area (Å²) in [5, 5.41) is 16.6. The zero-order valence-corrected chi connectivity index (χ0v) is 9.12. The fraction of sp³-hybridized carbons (Fsp3) is 0.700. The molecule has 1 atom stereocenters. The first-order valence-corrected chi connectivity index (χ1v) is 5.55. The maximum atomic E-state index is 11.9. The SMILES string of the molecule is O=C(CCn1ccnn1)N1CCC[C@@H]1CO. The van der Waals surface area contributed by atoms with Crippen molar-refractivity contribution in [3.8, 4) is 0 Å². The molecule has 1 aromatic rings. The van der Waals surface area contributed by atoms with E-state index in [-0.39, 0.29) is 18.6 Å². The minimum Gasteiger partial charge on any atom is -0.394 e. The first kappa shape index (κ1) is 11.1. The summed E-state index contributed by atoms with van der Waals surface area (Å²) in [7, 11) is 0. The van der Waals surface area contributed by atoms with E-state index in [9.17, 15) is 4.79 Å². The van der Waals surface area contributed by atoms with E-state index in [1.807, 2.05) is 0 Å². The van der Waals surface area contributed by atoms with Crippen LogP contribution in [0.3, 0.4) is 0 Å². The Morgan fingerprint density at radius 3 is 3.12 bits per heavy atom. The number of nitrogens with zero attached hydrogens (tertiary/aromatic N) is 4. The molecule has 0 aliphatic carbocycles. The van der Waals surface area contributed by atoms with Crippen LogP contribution in [0, 0.1) is 0 Å². The van der Waals surface area contributed by atoms with E-state index >= 15 is 0 Å². The number of aliphatic hydroxyl groups excluding tert-OH is 1. The van der Waals surface area contributed by atoms with Crippen LogP contribution in [0.15, 0.2) is 12.4 Å². The average molecular weight is 224 g/mol. The Morgan fingerprint density at radius 2 is 2.44 bits per heavy atom. The summed E-state index contributed by atoms with van der Waals surface area (Å²) in [6, 6.07) is 0.0169. The van der Waals surface area contributed by atoms with Gasteiger partial charge in [0.1, 0.15) is 0 Å². The quantitative estimate of drug-likeness (QED) is 0.759. The highest BCUT2D eigenvalue weighted by Crippen LogP contribution is 2.17. The molecule has 2 rings (SSSR count). The van der Waals surface area contributed by atoms with Crippen LogP contribution >= 0.6 is 0 Å². The second kappa shape index (κ2) is 5.07. The molecule has 1 aliphatic rings. The van der Waals surface area contributed by atoms with Gasteiger partial charge in [0, 0.05) is 19.2 Å². The van der Waals surface area contributed by atoms with Gasteiger partial charge in [-0.05, 0) is 12.8 Å². The van der Waals surface area contributed by atoms with E-state index in [0.717, 1.165) is 19.4 Å². The summed E-state index contributed by atoms with van der Waals surface area (Å²) >= 11 is 0. The summed E-state index contributed by atoms with van der Waals surface area (Å²) < 4.78 is 1.64. The molecule has 0 aromatic carbocycles. The largest absolute Gasteiger partial charge is 0.394 e. The molecule has 1 amide bonds. The molecule has 88 valence electrons. The third-order valence-electron chi connectivity index (χ3n) is 2.93. The average Bonchev–Trinajstić information content (AvgIpc) is 2.96. The van der Waals surface area contributed by atoms with Gasteiger partial charge in [0.05, 0.1) is 25.4 Å². The maximum Gasteiger partial charge on any atom is 0.224 e. The van der Waals surface area contributed by atoms with Crippen LogP contribution in [0.5, 0.6) is 0 Å². The van der Waals surface area contributed by atoms with Crippen LogP contribution in [-0.4, -0.2) is 50.1 Å². The van der Waals surface area contributed by atoms with Gasteiger partial charge in [-0.3, -0.25) is 9.48 Å². The Morgan fingerprint density at radius 1 is 1.56 bits per heavy atom. The fourth-order valence-electron chi connectivity index (χ4n) is 2.06. The molecule has 0 spiro atoms. The Labute approximate surface area is 93.9 Å². The standard InChI is InChI=1S/C10H16N4O2/c15-8-9-2-1-5-14(9)10(16)3-6-13-7-4-11-12-13/h4,7,9,15H,1-3,5-6,8H2/t9-/m1/s1. The van der Waals surface area contributed by atoms with Gasteiger partial charge >= 0.3 is 0 Å². The predicted molar refractivity (Wildman–Crippen MR) is 56.5 cm³/mol. The lowest BCUT2D eigenvalue weighted by Crippen LogP contribution is -2.38. The van der Waals surface area contributed by atoms with E-state index in [2.05, 4.69) is 10.3 Å². The lowest BCUT2D eigenvalue weighted by atomic mass is 10.2. The zero-order valence-electron chi connectivity index (χ0n) is 9.12. The number of carbonyl (C=O) groups is 1. The number of amides is 1. The van der Waals surface area contributed by atoms with Gasteiger partial charge in [-0.15, -0.1) is 5.10 Å². The van der Waals surface area contributed by atoms with Crippen molar-refractivity contribution in [3.63, 3.8) is 0 Å². The van der Waals surface area contributed by atoms with Gasteiger partial charge in [0.2, 0.25) is 5.91 Å². The highest BCUT2D eigenvalue weighted by atomic mass is 16.3. The monoisotopic (exact) mass is 224 g/mol. The minimum atomic E-state index is 0.0169. The van der Waals surface area contributed by atoms with Crippen LogP contribution in [0.25, 0.3) is 0 Å². The Bertz CT molecular complexity index is 339. The van der Waals surface area contributed by atoms with Crippen molar-refractivity contribution in [2.45, 2.75) is 31.8 Å². The fourth-order valence-corrected chi connectivity index (χ4v) is 2.06. The van der Waals surface area contributed by atoms with Gasteiger partial charge in [-0.25, -0.2) is 0 Å². The molecule has 6 nitrogen and oxygen atoms in total. The number of hydrogen-bond acceptors (Lipinski definition) is 4. The molecule has 6 heteroatoms. The van der Waals surface area contributed by atoms with E-state index in [4.69, 9.17) is 5.11 Å². The number of carbonyl (C=O) groups excluding carboxylic acids is 1. The molecule has 1 aliphatic heterocycles. The molecular formula is C10H16N4O2. The predicted octanol–water partition coefficient (Wildman–Crippen LogP) is -0.349. The maximum absolute atomic E-state index is 11.9. The molecule has 0 unspecified atom stereocenters. The lowest BCUT2D eigenvalue weighted by Gasteiger charge is -2.22. The molecule has 2 heterocycles. The lowest BCUT2D eigenvalue weighted by molar-refractivity contribution is -0.133. The van der Waals surface area contributed by atoms with Crippen molar-refractivity contribution in [2.24, 2.45) is 0 Å². The van der Waals surface area contributed by atoms with Gasteiger partial charge < -0.3 is 10.0 Å². The van der Waals surface area contributed by atoms with Crippen molar-refractivity contribution >= 4 is 5.91 Å². The molecular weight excluding hydrogens is 208 g/mol. The summed E-state index contributed by atoms with van der Waals surface area (Å²) in [6.45, 7) is 1.38. The smallest absolute Gasteiger partial charge is 0.224 e. The molecule has 1 fully saturated rings. The van der Waals surface area contributed by atoms with Crippen molar-refractivity contribution in [2.75, 3.05) is 13.2 Å². The van der Waals surface area contributed by atoms with E-state index in [1.165, 1.54) is 0 Å². The molecule has 1 saturated heterocycles. The highest BCUT2D eigenvalue weighted by molar-refractivity contribution is 5.76. The van der Waals surface area contributed by atoms with E-state index in [1.54, 1.807) is 22.0 Å². The van der Waals surface area contributed by atoms with Gasteiger partial charge in [-0.1, -0.05) is 5.21 Å². The number of hydrogen-bond donors (Lipinski definition) is 1. The molecule has 0 radical (unpaired) electrons. The number of aromatic nitrogens is 3. The number of aliphatic hydroxyl groups is 1. The number of aryl methyl sites for hydroxylation is 1. The molecule has 1 N–H and O–H groups in total. The third-order valence-corrected chi connectivity index (χ3v) is 2.93. The van der Waals surface area contributed by atoms with Crippen molar-refractivity contribution in [1.82, 2.24) is 19.9 Å². The van der Waals surface area contributed by atoms with Crippen LogP contribution in [-0.2, 0) is 11.3 Å². The Balaban J connectivity index is 1.83. The Hall–Kier alpha value is -1.43. The van der Waals surface area contributed by atoms with Crippen molar-refractivity contribution in [1.29, 1.82) is 0 Å². The normalized spacial score (nSPS) is 20.3. The third kappa shape index (κ3) is 2.38. The summed E-state index contributed by atoms with van der Waals surface area (Å²) in [5.41, 5.74) is 0. The van der Waals surface area contributed by atoms with E-state index in [0.29, 0.717) is 13.0 Å². The first-order chi connectivity index (χ1) is 7.81. The molecule has 1 aromatic heterocycles. The summed E-state index contributed by atoms with van der Waals surface area (Å²) in [4.78, 5) is 13.6. The van der Waals surface area contributed by atoms with Crippen LogP contribution in [0.4, 0.5) is 0 Å². The van der Waals surface area contributed by atoms with Crippen LogP contribution in [0.2, 0.25) is 0 Å².